The molecule has 0 unspecified atom stereocenters. The van der Waals surface area contributed by atoms with Gasteiger partial charge >= 0.3 is 5.97 Å². The summed E-state index contributed by atoms with van der Waals surface area (Å²) in [5.74, 6) is -0.213. The van der Waals surface area contributed by atoms with Crippen LogP contribution < -0.4 is 4.80 Å². The Morgan fingerprint density at radius 1 is 1.23 bits per heavy atom. The van der Waals surface area contributed by atoms with Gasteiger partial charge in [-0.15, -0.1) is 0 Å². The van der Waals surface area contributed by atoms with Crippen molar-refractivity contribution < 1.29 is 14.6 Å². The number of ether oxygens (including phenoxy) is 1. The van der Waals surface area contributed by atoms with E-state index in [1.807, 2.05) is 50.3 Å². The first-order chi connectivity index (χ1) is 15.0. The van der Waals surface area contributed by atoms with Crippen LogP contribution in [0.15, 0.2) is 58.5 Å². The van der Waals surface area contributed by atoms with Crippen molar-refractivity contribution in [2.45, 2.75) is 27.3 Å². The number of aliphatic imine (C=N–C) groups is 1. The first kappa shape index (κ1) is 20.8. The summed E-state index contributed by atoms with van der Waals surface area (Å²) in [6, 6.07) is 15.0. The van der Waals surface area contributed by atoms with Crippen molar-refractivity contribution in [2.75, 3.05) is 6.61 Å². The maximum atomic E-state index is 12.0. The number of allylic oxidation sites excluding steroid dienone is 1. The Hall–Kier alpha value is -3.45. The molecule has 0 radical (unpaired) electrons. The van der Waals surface area contributed by atoms with Crippen LogP contribution in [0.2, 0.25) is 0 Å². The van der Waals surface area contributed by atoms with Gasteiger partial charge in [0, 0.05) is 23.4 Å². The van der Waals surface area contributed by atoms with Crippen molar-refractivity contribution in [1.29, 1.82) is 0 Å². The highest BCUT2D eigenvalue weighted by atomic mass is 32.1. The number of aromatic hydroxyl groups is 1. The number of hydrogen-bond donors (Lipinski definition) is 1. The zero-order chi connectivity index (χ0) is 22.0. The molecule has 0 aliphatic carbocycles. The third-order valence-electron chi connectivity index (χ3n) is 4.95. The molecular weight excluding hydrogens is 410 g/mol. The van der Waals surface area contributed by atoms with Crippen molar-refractivity contribution in [2.24, 2.45) is 9.98 Å². The van der Waals surface area contributed by atoms with E-state index in [1.54, 1.807) is 29.7 Å². The number of hydrogen-bond acceptors (Lipinski definition) is 6. The van der Waals surface area contributed by atoms with Gasteiger partial charge in [0.2, 0.25) is 5.88 Å². The fourth-order valence-corrected chi connectivity index (χ4v) is 4.51. The molecule has 3 aromatic rings. The van der Waals surface area contributed by atoms with Crippen molar-refractivity contribution in [1.82, 2.24) is 4.57 Å². The Morgan fingerprint density at radius 2 is 2.03 bits per heavy atom. The number of aromatic nitrogens is 1. The van der Waals surface area contributed by atoms with Gasteiger partial charge in [0.25, 0.3) is 0 Å². The molecule has 2 aromatic carbocycles. The van der Waals surface area contributed by atoms with E-state index >= 15 is 0 Å². The summed E-state index contributed by atoms with van der Waals surface area (Å²) in [5, 5.41) is 10.8. The van der Waals surface area contributed by atoms with Crippen LogP contribution in [0.4, 0.5) is 11.4 Å². The molecule has 158 valence electrons. The van der Waals surface area contributed by atoms with E-state index < -0.39 is 0 Å². The minimum atomic E-state index is -0.378. The number of thiazole rings is 1. The Bertz CT molecular complexity index is 1280. The molecule has 7 heteroatoms. The average molecular weight is 434 g/mol. The number of esters is 1. The van der Waals surface area contributed by atoms with E-state index in [0.29, 0.717) is 34.1 Å². The standard InChI is InChI=1S/C24H23N3O3S/c1-4-27-22(28)21(14-19-15(3)25-20-12-7-6-11-18(19)20)31-24(27)26-17-10-8-9-16(13-17)23(29)30-5-2/h6-14,28H,4-5H2,1-3H3/b19-14+,26-24?. The van der Waals surface area contributed by atoms with E-state index in [4.69, 9.17) is 4.74 Å². The summed E-state index contributed by atoms with van der Waals surface area (Å²) in [7, 11) is 0. The lowest BCUT2D eigenvalue weighted by Crippen LogP contribution is -2.12. The second-order valence-corrected chi connectivity index (χ2v) is 7.98. The molecule has 1 aliphatic heterocycles. The third kappa shape index (κ3) is 4.09. The minimum absolute atomic E-state index is 0.164. The van der Waals surface area contributed by atoms with Gasteiger partial charge < -0.3 is 9.84 Å². The van der Waals surface area contributed by atoms with E-state index in [0.717, 1.165) is 22.5 Å². The molecule has 1 N–H and O–H groups in total. The Morgan fingerprint density at radius 3 is 2.81 bits per heavy atom. The Kier molecular flexibility index (Phi) is 5.86. The molecule has 0 spiro atoms. The van der Waals surface area contributed by atoms with Crippen LogP contribution in [-0.2, 0) is 11.3 Å². The monoisotopic (exact) mass is 433 g/mol. The average Bonchev–Trinajstić information content (AvgIpc) is 3.24. The second kappa shape index (κ2) is 8.73. The summed E-state index contributed by atoms with van der Waals surface area (Å²) in [6.07, 6.45) is 1.96. The van der Waals surface area contributed by atoms with Crippen LogP contribution in [0, 0.1) is 0 Å². The molecule has 1 aromatic heterocycles. The predicted molar refractivity (Wildman–Crippen MR) is 124 cm³/mol. The van der Waals surface area contributed by atoms with Crippen LogP contribution in [0.1, 0.15) is 41.6 Å². The fourth-order valence-electron chi connectivity index (χ4n) is 3.46. The quantitative estimate of drug-likeness (QED) is 0.553. The smallest absolute Gasteiger partial charge is 0.338 e. The molecule has 0 bridgehead atoms. The fraction of sp³-hybridized carbons (Fsp3) is 0.208. The Balaban J connectivity index is 1.77. The van der Waals surface area contributed by atoms with Crippen molar-refractivity contribution in [3.05, 3.63) is 69.3 Å². The van der Waals surface area contributed by atoms with Crippen molar-refractivity contribution in [3.63, 3.8) is 0 Å². The maximum absolute atomic E-state index is 12.0. The number of nitrogens with zero attached hydrogens (tertiary/aromatic N) is 3. The highest BCUT2D eigenvalue weighted by Gasteiger charge is 2.19. The van der Waals surface area contributed by atoms with E-state index in [2.05, 4.69) is 9.98 Å². The number of fused-ring (bicyclic) bond motifs is 1. The SMILES string of the molecule is CCOC(=O)c1cccc(N=c2sc(/C=C3\C(C)=Nc4ccccc43)c(O)n2CC)c1. The molecule has 1 aliphatic rings. The summed E-state index contributed by atoms with van der Waals surface area (Å²) in [6.45, 7) is 6.58. The molecule has 0 atom stereocenters. The zero-order valence-electron chi connectivity index (χ0n) is 17.6. The first-order valence-electron chi connectivity index (χ1n) is 10.1. The lowest BCUT2D eigenvalue weighted by atomic mass is 10.0. The molecule has 0 amide bonds. The van der Waals surface area contributed by atoms with Gasteiger partial charge in [-0.25, -0.2) is 9.79 Å². The van der Waals surface area contributed by atoms with Gasteiger partial charge in [-0.2, -0.15) is 0 Å². The molecule has 0 saturated heterocycles. The van der Waals surface area contributed by atoms with E-state index in [1.165, 1.54) is 11.3 Å². The Labute approximate surface area is 184 Å². The third-order valence-corrected chi connectivity index (χ3v) is 5.97. The predicted octanol–water partition coefficient (Wildman–Crippen LogP) is 5.33. The number of rotatable bonds is 5. The lowest BCUT2D eigenvalue weighted by Gasteiger charge is -2.03. The van der Waals surface area contributed by atoms with Crippen molar-refractivity contribution >= 4 is 46.0 Å². The van der Waals surface area contributed by atoms with Gasteiger partial charge in [-0.3, -0.25) is 9.56 Å². The summed E-state index contributed by atoms with van der Waals surface area (Å²) in [5.41, 5.74) is 4.97. The lowest BCUT2D eigenvalue weighted by molar-refractivity contribution is 0.0526. The highest BCUT2D eigenvalue weighted by molar-refractivity contribution is 7.10. The molecule has 2 heterocycles. The molecule has 0 fully saturated rings. The van der Waals surface area contributed by atoms with Crippen molar-refractivity contribution in [3.8, 4) is 5.88 Å². The van der Waals surface area contributed by atoms with Crippen LogP contribution in [0.3, 0.4) is 0 Å². The number of para-hydroxylation sites is 1. The number of benzene rings is 2. The van der Waals surface area contributed by atoms with Crippen LogP contribution in [0.5, 0.6) is 5.88 Å². The normalized spacial score (nSPS) is 14.6. The van der Waals surface area contributed by atoms with Gasteiger partial charge in [0.05, 0.1) is 28.4 Å². The summed E-state index contributed by atoms with van der Waals surface area (Å²) in [4.78, 5) is 22.7. The molecule has 4 rings (SSSR count). The van der Waals surface area contributed by atoms with Crippen LogP contribution in [-0.4, -0.2) is 28.0 Å². The van der Waals surface area contributed by atoms with Gasteiger partial charge in [-0.1, -0.05) is 35.6 Å². The molecular formula is C24H23N3O3S. The maximum Gasteiger partial charge on any atom is 0.338 e. The largest absolute Gasteiger partial charge is 0.493 e. The summed E-state index contributed by atoms with van der Waals surface area (Å²) < 4.78 is 6.82. The molecule has 31 heavy (non-hydrogen) atoms. The van der Waals surface area contributed by atoms with Gasteiger partial charge in [0.15, 0.2) is 4.80 Å². The molecule has 0 saturated carbocycles. The van der Waals surface area contributed by atoms with Gasteiger partial charge in [-0.05, 0) is 51.1 Å². The summed E-state index contributed by atoms with van der Waals surface area (Å²) >= 11 is 1.39. The number of carbonyl (C=O) groups is 1. The second-order valence-electron chi connectivity index (χ2n) is 6.97. The van der Waals surface area contributed by atoms with E-state index in [-0.39, 0.29) is 11.8 Å². The topological polar surface area (TPSA) is 76.2 Å². The van der Waals surface area contributed by atoms with Crippen LogP contribution >= 0.6 is 11.3 Å². The minimum Gasteiger partial charge on any atom is -0.493 e. The van der Waals surface area contributed by atoms with E-state index in [9.17, 15) is 9.90 Å². The highest BCUT2D eigenvalue weighted by Crippen LogP contribution is 2.37. The zero-order valence-corrected chi connectivity index (χ0v) is 18.4. The van der Waals surface area contributed by atoms with Gasteiger partial charge in [0.1, 0.15) is 0 Å². The first-order valence-corrected chi connectivity index (χ1v) is 10.9. The number of carbonyl (C=O) groups excluding carboxylic acids is 1. The molecule has 6 nitrogen and oxygen atoms in total. The van der Waals surface area contributed by atoms with Crippen LogP contribution in [0.25, 0.3) is 11.6 Å².